The van der Waals surface area contributed by atoms with Crippen molar-refractivity contribution in [2.45, 2.75) is 39.2 Å². The van der Waals surface area contributed by atoms with Crippen molar-refractivity contribution in [2.75, 3.05) is 13.7 Å². The Balaban J connectivity index is 2.41. The number of ether oxygens (including phenoxy) is 1. The summed E-state index contributed by atoms with van der Waals surface area (Å²) in [5, 5.41) is 9.97. The minimum atomic E-state index is -0.271. The van der Waals surface area contributed by atoms with Crippen molar-refractivity contribution in [3.8, 4) is 0 Å². The van der Waals surface area contributed by atoms with Gasteiger partial charge in [0.05, 0.1) is 6.10 Å². The van der Waals surface area contributed by atoms with Gasteiger partial charge in [0, 0.05) is 13.7 Å². The van der Waals surface area contributed by atoms with Gasteiger partial charge in [0.1, 0.15) is 0 Å². The van der Waals surface area contributed by atoms with E-state index in [1.165, 1.54) is 11.1 Å². The van der Waals surface area contributed by atoms with E-state index in [0.29, 0.717) is 12.5 Å². The first-order chi connectivity index (χ1) is 8.15. The molecule has 0 spiro atoms. The van der Waals surface area contributed by atoms with E-state index in [0.717, 1.165) is 19.3 Å². The molecule has 0 saturated heterocycles. The van der Waals surface area contributed by atoms with Gasteiger partial charge in [0.2, 0.25) is 0 Å². The second-order valence-electron chi connectivity index (χ2n) is 4.82. The number of hydrogen-bond donors (Lipinski definition) is 1. The first-order valence-electron chi connectivity index (χ1n) is 6.40. The second-order valence-corrected chi connectivity index (χ2v) is 4.82. The van der Waals surface area contributed by atoms with Crippen LogP contribution in [0.4, 0.5) is 0 Å². The lowest BCUT2D eigenvalue weighted by atomic mass is 9.98. The SMILES string of the molecule is CCc1ccc(CC(O)CC(C)COC)cc1. The molecule has 0 amide bonds. The molecule has 0 saturated carbocycles. The molecule has 96 valence electrons. The molecule has 2 unspecified atom stereocenters. The number of benzene rings is 1. The van der Waals surface area contributed by atoms with Crippen LogP contribution in [0.1, 0.15) is 31.4 Å². The van der Waals surface area contributed by atoms with Crippen LogP contribution in [-0.4, -0.2) is 24.9 Å². The van der Waals surface area contributed by atoms with Crippen LogP contribution in [0.2, 0.25) is 0 Å². The van der Waals surface area contributed by atoms with Gasteiger partial charge in [-0.25, -0.2) is 0 Å². The molecule has 0 aromatic heterocycles. The topological polar surface area (TPSA) is 29.5 Å². The van der Waals surface area contributed by atoms with Crippen LogP contribution in [0.25, 0.3) is 0 Å². The lowest BCUT2D eigenvalue weighted by Gasteiger charge is -2.15. The molecule has 0 fully saturated rings. The molecule has 0 bridgehead atoms. The number of aliphatic hydroxyl groups is 1. The Bertz CT molecular complexity index is 305. The molecule has 0 aliphatic rings. The predicted octanol–water partition coefficient (Wildman–Crippen LogP) is 2.83. The molecule has 0 radical (unpaired) electrons. The van der Waals surface area contributed by atoms with Crippen LogP contribution in [0, 0.1) is 5.92 Å². The highest BCUT2D eigenvalue weighted by Crippen LogP contribution is 2.13. The maximum absolute atomic E-state index is 9.97. The van der Waals surface area contributed by atoms with Crippen LogP contribution in [-0.2, 0) is 17.6 Å². The average Bonchev–Trinajstić information content (AvgIpc) is 2.30. The zero-order valence-electron chi connectivity index (χ0n) is 11.1. The van der Waals surface area contributed by atoms with E-state index in [9.17, 15) is 5.11 Å². The van der Waals surface area contributed by atoms with Crippen LogP contribution in [0.3, 0.4) is 0 Å². The first kappa shape index (κ1) is 14.2. The van der Waals surface area contributed by atoms with E-state index < -0.39 is 0 Å². The van der Waals surface area contributed by atoms with Crippen molar-refractivity contribution in [1.82, 2.24) is 0 Å². The van der Waals surface area contributed by atoms with E-state index in [4.69, 9.17) is 4.74 Å². The molecule has 17 heavy (non-hydrogen) atoms. The minimum Gasteiger partial charge on any atom is -0.393 e. The van der Waals surface area contributed by atoms with Crippen molar-refractivity contribution in [1.29, 1.82) is 0 Å². The number of rotatable bonds is 7. The third kappa shape index (κ3) is 5.33. The molecular formula is C15H24O2. The largest absolute Gasteiger partial charge is 0.393 e. The van der Waals surface area contributed by atoms with Crippen molar-refractivity contribution in [2.24, 2.45) is 5.92 Å². The van der Waals surface area contributed by atoms with Crippen molar-refractivity contribution in [3.05, 3.63) is 35.4 Å². The third-order valence-corrected chi connectivity index (χ3v) is 3.03. The molecule has 2 nitrogen and oxygen atoms in total. The van der Waals surface area contributed by atoms with Gasteiger partial charge in [-0.3, -0.25) is 0 Å². The lowest BCUT2D eigenvalue weighted by Crippen LogP contribution is -2.17. The predicted molar refractivity (Wildman–Crippen MR) is 71.2 cm³/mol. The zero-order valence-corrected chi connectivity index (χ0v) is 11.1. The molecule has 2 heteroatoms. The van der Waals surface area contributed by atoms with Gasteiger partial charge in [-0.1, -0.05) is 38.1 Å². The quantitative estimate of drug-likeness (QED) is 0.789. The molecule has 0 aliphatic carbocycles. The van der Waals surface area contributed by atoms with Gasteiger partial charge < -0.3 is 9.84 Å². The number of aliphatic hydroxyl groups excluding tert-OH is 1. The zero-order chi connectivity index (χ0) is 12.7. The van der Waals surface area contributed by atoms with E-state index in [-0.39, 0.29) is 6.10 Å². The lowest BCUT2D eigenvalue weighted by molar-refractivity contribution is 0.102. The van der Waals surface area contributed by atoms with Crippen molar-refractivity contribution < 1.29 is 9.84 Å². The highest BCUT2D eigenvalue weighted by atomic mass is 16.5. The van der Waals surface area contributed by atoms with Crippen LogP contribution in [0.5, 0.6) is 0 Å². The minimum absolute atomic E-state index is 0.271. The Morgan fingerprint density at radius 3 is 2.29 bits per heavy atom. The highest BCUT2D eigenvalue weighted by Gasteiger charge is 2.10. The summed E-state index contributed by atoms with van der Waals surface area (Å²) >= 11 is 0. The summed E-state index contributed by atoms with van der Waals surface area (Å²) in [6.45, 7) is 4.97. The number of methoxy groups -OCH3 is 1. The maximum atomic E-state index is 9.97. The summed E-state index contributed by atoms with van der Waals surface area (Å²) in [5.74, 6) is 0.407. The molecule has 2 atom stereocenters. The highest BCUT2D eigenvalue weighted by molar-refractivity contribution is 5.22. The van der Waals surface area contributed by atoms with Crippen LogP contribution < -0.4 is 0 Å². The summed E-state index contributed by atoms with van der Waals surface area (Å²) in [6.07, 6.45) is 2.32. The molecular weight excluding hydrogens is 212 g/mol. The average molecular weight is 236 g/mol. The fraction of sp³-hybridized carbons (Fsp3) is 0.600. The monoisotopic (exact) mass is 236 g/mol. The van der Waals surface area contributed by atoms with Crippen LogP contribution >= 0.6 is 0 Å². The summed E-state index contributed by atoms with van der Waals surface area (Å²) < 4.78 is 5.07. The Morgan fingerprint density at radius 1 is 1.18 bits per heavy atom. The summed E-state index contributed by atoms with van der Waals surface area (Å²) in [6, 6.07) is 8.51. The summed E-state index contributed by atoms with van der Waals surface area (Å²) in [7, 11) is 1.70. The number of hydrogen-bond acceptors (Lipinski definition) is 2. The molecule has 0 aliphatic heterocycles. The maximum Gasteiger partial charge on any atom is 0.0584 e. The molecule has 1 aromatic carbocycles. The van der Waals surface area contributed by atoms with Gasteiger partial charge in [-0.15, -0.1) is 0 Å². The summed E-state index contributed by atoms with van der Waals surface area (Å²) in [5.41, 5.74) is 2.55. The standard InChI is InChI=1S/C15H24O2/c1-4-13-5-7-14(8-6-13)10-15(16)9-12(2)11-17-3/h5-8,12,15-16H,4,9-11H2,1-3H3. The van der Waals surface area contributed by atoms with E-state index in [1.54, 1.807) is 7.11 Å². The van der Waals surface area contributed by atoms with E-state index >= 15 is 0 Å². The van der Waals surface area contributed by atoms with Gasteiger partial charge in [-0.2, -0.15) is 0 Å². The fourth-order valence-corrected chi connectivity index (χ4v) is 2.08. The Morgan fingerprint density at radius 2 is 1.76 bits per heavy atom. The van der Waals surface area contributed by atoms with Crippen molar-refractivity contribution >= 4 is 0 Å². The first-order valence-corrected chi connectivity index (χ1v) is 6.40. The molecule has 0 heterocycles. The second kappa shape index (κ2) is 7.46. The third-order valence-electron chi connectivity index (χ3n) is 3.03. The Labute approximate surface area is 105 Å². The van der Waals surface area contributed by atoms with E-state index in [2.05, 4.69) is 38.1 Å². The number of aryl methyl sites for hydroxylation is 1. The van der Waals surface area contributed by atoms with Crippen LogP contribution in [0.15, 0.2) is 24.3 Å². The Hall–Kier alpha value is -0.860. The molecule has 1 N–H and O–H groups in total. The summed E-state index contributed by atoms with van der Waals surface area (Å²) in [4.78, 5) is 0. The Kier molecular flexibility index (Phi) is 6.23. The van der Waals surface area contributed by atoms with Gasteiger partial charge in [0.15, 0.2) is 0 Å². The van der Waals surface area contributed by atoms with Gasteiger partial charge in [-0.05, 0) is 36.3 Å². The molecule has 1 aromatic rings. The smallest absolute Gasteiger partial charge is 0.0584 e. The normalized spacial score (nSPS) is 14.6. The molecule has 1 rings (SSSR count). The van der Waals surface area contributed by atoms with Crippen molar-refractivity contribution in [3.63, 3.8) is 0 Å². The van der Waals surface area contributed by atoms with E-state index in [1.807, 2.05) is 0 Å². The fourth-order valence-electron chi connectivity index (χ4n) is 2.08. The van der Waals surface area contributed by atoms with Gasteiger partial charge >= 0.3 is 0 Å². The van der Waals surface area contributed by atoms with Gasteiger partial charge in [0.25, 0.3) is 0 Å².